The Hall–Kier alpha value is -0.463. The maximum atomic E-state index is 5.38. The van der Waals surface area contributed by atoms with E-state index >= 15 is 0 Å². The molecule has 0 aromatic carbocycles. The largest absolute Gasteiger partial charge is 1.00 e. The molecule has 0 aliphatic heterocycles. The quantitative estimate of drug-likeness (QED) is 0.455. The Labute approximate surface area is 117 Å². The molecule has 0 spiro atoms. The van der Waals surface area contributed by atoms with E-state index in [1.54, 1.807) is 21.3 Å². The van der Waals surface area contributed by atoms with Gasteiger partial charge in [-0.05, 0) is 13.0 Å². The molecule has 1 aromatic heterocycles. The highest BCUT2D eigenvalue weighted by atomic mass is 35.5. The minimum absolute atomic E-state index is 0. The normalized spacial score (nSPS) is 11.1. The summed E-state index contributed by atoms with van der Waals surface area (Å²) in [6.07, 6.45) is 5.19. The number of aryl methyl sites for hydroxylation is 2. The van der Waals surface area contributed by atoms with Crippen LogP contribution in [-0.4, -0.2) is 30.1 Å². The van der Waals surface area contributed by atoms with E-state index in [1.807, 2.05) is 0 Å². The van der Waals surface area contributed by atoms with Crippen LogP contribution in [0.3, 0.4) is 0 Å². The first-order chi connectivity index (χ1) is 8.15. The molecule has 0 radical (unpaired) electrons. The molecule has 0 N–H and O–H groups in total. The molecule has 1 heterocycles. The second-order valence-corrected chi connectivity index (χ2v) is 7.11. The number of hydrogen-bond acceptors (Lipinski definition) is 3. The molecule has 18 heavy (non-hydrogen) atoms. The van der Waals surface area contributed by atoms with Crippen molar-refractivity contribution >= 4 is 8.80 Å². The number of nitrogens with zero attached hydrogens (tertiary/aromatic N) is 1. The maximum Gasteiger partial charge on any atom is 0.500 e. The van der Waals surface area contributed by atoms with Crippen molar-refractivity contribution in [2.45, 2.75) is 25.9 Å². The van der Waals surface area contributed by atoms with Crippen LogP contribution in [-0.2, 0) is 19.8 Å². The molecule has 0 saturated carbocycles. The summed E-state index contributed by atoms with van der Waals surface area (Å²) < 4.78 is 18.3. The molecule has 104 valence electrons. The summed E-state index contributed by atoms with van der Waals surface area (Å²) in [4.78, 5) is 0. The molecular formula is C12H22ClNO3Si. The number of pyridine rings is 1. The lowest BCUT2D eigenvalue weighted by atomic mass is 10.3. The van der Waals surface area contributed by atoms with Gasteiger partial charge in [-0.1, -0.05) is 0 Å². The Bertz CT molecular complexity index is 340. The first kappa shape index (κ1) is 17.5. The lowest BCUT2D eigenvalue weighted by Crippen LogP contribution is -3.00. The third-order valence-corrected chi connectivity index (χ3v) is 5.67. The second-order valence-electron chi connectivity index (χ2n) is 4.02. The van der Waals surface area contributed by atoms with Gasteiger partial charge in [-0.3, -0.25) is 0 Å². The van der Waals surface area contributed by atoms with Crippen LogP contribution < -0.4 is 17.0 Å². The van der Waals surface area contributed by atoms with E-state index in [2.05, 4.69) is 36.0 Å². The van der Waals surface area contributed by atoms with Gasteiger partial charge >= 0.3 is 8.80 Å². The molecule has 1 aromatic rings. The summed E-state index contributed by atoms with van der Waals surface area (Å²) in [6, 6.07) is 4.98. The van der Waals surface area contributed by atoms with Crippen molar-refractivity contribution in [3.63, 3.8) is 0 Å². The van der Waals surface area contributed by atoms with Crippen LogP contribution >= 0.6 is 0 Å². The Morgan fingerprint density at radius 3 is 2.28 bits per heavy atom. The Morgan fingerprint density at radius 2 is 1.78 bits per heavy atom. The van der Waals surface area contributed by atoms with Crippen molar-refractivity contribution in [1.29, 1.82) is 0 Å². The van der Waals surface area contributed by atoms with E-state index < -0.39 is 8.80 Å². The monoisotopic (exact) mass is 291 g/mol. The fraction of sp³-hybridized carbons (Fsp3) is 0.583. The first-order valence-electron chi connectivity index (χ1n) is 5.77. The number of aromatic nitrogens is 1. The molecule has 0 saturated heterocycles. The zero-order valence-corrected chi connectivity index (χ0v) is 13.2. The van der Waals surface area contributed by atoms with Gasteiger partial charge in [0, 0.05) is 45.4 Å². The Balaban J connectivity index is 0.00000289. The summed E-state index contributed by atoms with van der Waals surface area (Å²) in [7, 11) is 2.56. The van der Waals surface area contributed by atoms with Crippen molar-refractivity contribution < 1.29 is 30.3 Å². The van der Waals surface area contributed by atoms with E-state index in [9.17, 15) is 0 Å². The van der Waals surface area contributed by atoms with Crippen LogP contribution in [0.15, 0.2) is 24.5 Å². The van der Waals surface area contributed by atoms with E-state index in [0.717, 1.165) is 19.0 Å². The summed E-state index contributed by atoms with van der Waals surface area (Å²) in [5, 5.41) is 0. The van der Waals surface area contributed by atoms with Gasteiger partial charge in [0.1, 0.15) is 6.54 Å². The number of rotatable bonds is 7. The predicted octanol–water partition coefficient (Wildman–Crippen LogP) is -1.45. The molecule has 0 aliphatic carbocycles. The van der Waals surface area contributed by atoms with Crippen LogP contribution in [0.1, 0.15) is 12.0 Å². The van der Waals surface area contributed by atoms with Gasteiger partial charge in [0.15, 0.2) is 12.4 Å². The number of halogens is 1. The molecular weight excluding hydrogens is 270 g/mol. The second kappa shape index (κ2) is 8.61. The fourth-order valence-corrected chi connectivity index (χ4v) is 3.53. The number of hydrogen-bond donors (Lipinski definition) is 0. The smallest absolute Gasteiger partial charge is 0.500 e. The topological polar surface area (TPSA) is 31.6 Å². The summed E-state index contributed by atoms with van der Waals surface area (Å²) in [5.74, 6) is 0. The summed E-state index contributed by atoms with van der Waals surface area (Å²) in [6.45, 7) is 3.04. The van der Waals surface area contributed by atoms with Gasteiger partial charge in [-0.25, -0.2) is 4.57 Å². The van der Waals surface area contributed by atoms with E-state index in [0.29, 0.717) is 0 Å². The van der Waals surface area contributed by atoms with Gasteiger partial charge in [-0.2, -0.15) is 0 Å². The molecule has 0 unspecified atom stereocenters. The van der Waals surface area contributed by atoms with Crippen LogP contribution in [0, 0.1) is 6.92 Å². The summed E-state index contributed by atoms with van der Waals surface area (Å²) in [5.41, 5.74) is 1.27. The zero-order valence-electron chi connectivity index (χ0n) is 11.5. The van der Waals surface area contributed by atoms with Crippen molar-refractivity contribution in [1.82, 2.24) is 0 Å². The minimum atomic E-state index is -2.40. The lowest BCUT2D eigenvalue weighted by Gasteiger charge is -2.23. The molecule has 6 heteroatoms. The van der Waals surface area contributed by atoms with Crippen LogP contribution in [0.2, 0.25) is 6.04 Å². The molecule has 0 amide bonds. The van der Waals surface area contributed by atoms with E-state index in [4.69, 9.17) is 13.3 Å². The standard InChI is InChI=1S/C12H22NO3Si.ClH/c1-12-7-5-8-13(11-12)9-6-10-17(14-2,15-3)16-4;/h5,7-8,11H,6,9-10H2,1-4H3;1H/q+1;/p-1. The molecule has 1 rings (SSSR count). The highest BCUT2D eigenvalue weighted by Crippen LogP contribution is 2.14. The van der Waals surface area contributed by atoms with Crippen LogP contribution in [0.5, 0.6) is 0 Å². The first-order valence-corrected chi connectivity index (χ1v) is 7.70. The molecule has 0 fully saturated rings. The van der Waals surface area contributed by atoms with Gasteiger partial charge in [0.25, 0.3) is 0 Å². The molecule has 0 atom stereocenters. The fourth-order valence-electron chi connectivity index (χ4n) is 1.83. The molecule has 0 aliphatic rings. The van der Waals surface area contributed by atoms with Gasteiger partial charge in [-0.15, -0.1) is 0 Å². The average Bonchev–Trinajstić information content (AvgIpc) is 2.35. The highest BCUT2D eigenvalue weighted by molar-refractivity contribution is 6.60. The molecule has 4 nitrogen and oxygen atoms in total. The molecule has 0 bridgehead atoms. The van der Waals surface area contributed by atoms with Gasteiger partial charge in [0.2, 0.25) is 0 Å². The zero-order chi connectivity index (χ0) is 12.7. The van der Waals surface area contributed by atoms with Gasteiger partial charge in [0.05, 0.1) is 0 Å². The third kappa shape index (κ3) is 5.03. The highest BCUT2D eigenvalue weighted by Gasteiger charge is 2.37. The van der Waals surface area contributed by atoms with Crippen LogP contribution in [0.25, 0.3) is 0 Å². The maximum absolute atomic E-state index is 5.38. The Morgan fingerprint density at radius 1 is 1.17 bits per heavy atom. The summed E-state index contributed by atoms with van der Waals surface area (Å²) >= 11 is 0. The van der Waals surface area contributed by atoms with Crippen molar-refractivity contribution in [3.8, 4) is 0 Å². The van der Waals surface area contributed by atoms with Crippen molar-refractivity contribution in [3.05, 3.63) is 30.1 Å². The minimum Gasteiger partial charge on any atom is -1.00 e. The SMILES string of the molecule is CO[Si](CCC[n+]1cccc(C)c1)(OC)OC.[Cl-]. The predicted molar refractivity (Wildman–Crippen MR) is 67.6 cm³/mol. The Kier molecular flexibility index (Phi) is 8.38. The lowest BCUT2D eigenvalue weighted by molar-refractivity contribution is -0.697. The van der Waals surface area contributed by atoms with E-state index in [1.165, 1.54) is 5.56 Å². The van der Waals surface area contributed by atoms with E-state index in [-0.39, 0.29) is 12.4 Å². The van der Waals surface area contributed by atoms with Crippen molar-refractivity contribution in [2.24, 2.45) is 0 Å². The van der Waals surface area contributed by atoms with Gasteiger partial charge < -0.3 is 25.7 Å². The van der Waals surface area contributed by atoms with Crippen molar-refractivity contribution in [2.75, 3.05) is 21.3 Å². The average molecular weight is 292 g/mol. The third-order valence-electron chi connectivity index (χ3n) is 2.84. The van der Waals surface area contributed by atoms with Crippen LogP contribution in [0.4, 0.5) is 0 Å².